The van der Waals surface area contributed by atoms with E-state index in [0.29, 0.717) is 5.82 Å². The van der Waals surface area contributed by atoms with Gasteiger partial charge in [0.05, 0.1) is 12.2 Å². The lowest BCUT2D eigenvalue weighted by Gasteiger charge is -2.34. The Bertz CT molecular complexity index is 1090. The Hall–Kier alpha value is -3.03. The SMILES string of the molecule is Fc1ccc2[nH]c(-c3n[nH]c(CN4CCN(Cc5ccccc5)CC4)n3)cc2c1. The average molecular weight is 390 g/mol. The van der Waals surface area contributed by atoms with E-state index in [-0.39, 0.29) is 5.82 Å². The average Bonchev–Trinajstić information content (AvgIpc) is 3.37. The van der Waals surface area contributed by atoms with Crippen molar-refractivity contribution >= 4 is 10.9 Å². The van der Waals surface area contributed by atoms with Crippen LogP contribution >= 0.6 is 0 Å². The molecule has 4 aromatic rings. The second-order valence-electron chi connectivity index (χ2n) is 7.56. The predicted octanol–water partition coefficient (Wildman–Crippen LogP) is 3.41. The molecule has 1 saturated heterocycles. The van der Waals surface area contributed by atoms with Crippen molar-refractivity contribution in [3.63, 3.8) is 0 Å². The minimum atomic E-state index is -0.245. The zero-order valence-electron chi connectivity index (χ0n) is 16.1. The summed E-state index contributed by atoms with van der Waals surface area (Å²) >= 11 is 0. The van der Waals surface area contributed by atoms with E-state index in [0.717, 1.165) is 61.7 Å². The van der Waals surface area contributed by atoms with Crippen LogP contribution in [0.2, 0.25) is 0 Å². The van der Waals surface area contributed by atoms with Gasteiger partial charge >= 0.3 is 0 Å². The van der Waals surface area contributed by atoms with Crippen LogP contribution in [0.15, 0.2) is 54.6 Å². The van der Waals surface area contributed by atoms with Gasteiger partial charge in [-0.2, -0.15) is 5.10 Å². The number of fused-ring (bicyclic) bond motifs is 1. The number of H-pyrrole nitrogens is 2. The van der Waals surface area contributed by atoms with Crippen LogP contribution < -0.4 is 0 Å². The van der Waals surface area contributed by atoms with E-state index in [9.17, 15) is 4.39 Å². The second kappa shape index (κ2) is 7.77. The lowest BCUT2D eigenvalue weighted by molar-refractivity contribution is 0.120. The van der Waals surface area contributed by atoms with Gasteiger partial charge in [0.15, 0.2) is 5.82 Å². The maximum Gasteiger partial charge on any atom is 0.197 e. The molecule has 0 atom stereocenters. The molecule has 5 rings (SSSR count). The molecule has 7 heteroatoms. The molecule has 1 aliphatic heterocycles. The number of halogens is 1. The summed E-state index contributed by atoms with van der Waals surface area (Å²) in [4.78, 5) is 12.8. The van der Waals surface area contributed by atoms with Gasteiger partial charge in [0.1, 0.15) is 11.6 Å². The molecule has 0 radical (unpaired) electrons. The lowest BCUT2D eigenvalue weighted by atomic mass is 10.2. The van der Waals surface area contributed by atoms with Crippen molar-refractivity contribution in [1.82, 2.24) is 30.0 Å². The molecule has 0 saturated carbocycles. The van der Waals surface area contributed by atoms with Crippen LogP contribution in [0, 0.1) is 5.82 Å². The normalized spacial score (nSPS) is 15.9. The minimum Gasteiger partial charge on any atom is -0.352 e. The van der Waals surface area contributed by atoms with Crippen molar-refractivity contribution in [2.24, 2.45) is 0 Å². The molecular weight excluding hydrogens is 367 g/mol. The first-order valence-corrected chi connectivity index (χ1v) is 9.91. The van der Waals surface area contributed by atoms with Gasteiger partial charge in [0, 0.05) is 43.6 Å². The highest BCUT2D eigenvalue weighted by atomic mass is 19.1. The van der Waals surface area contributed by atoms with E-state index in [2.05, 4.69) is 60.3 Å². The molecule has 2 aromatic carbocycles. The number of rotatable bonds is 5. The minimum absolute atomic E-state index is 0.245. The largest absolute Gasteiger partial charge is 0.352 e. The Labute approximate surface area is 168 Å². The number of piperazine rings is 1. The van der Waals surface area contributed by atoms with Crippen LogP contribution in [0.3, 0.4) is 0 Å². The van der Waals surface area contributed by atoms with Gasteiger partial charge in [0.2, 0.25) is 0 Å². The summed E-state index contributed by atoms with van der Waals surface area (Å²) in [7, 11) is 0. The van der Waals surface area contributed by atoms with Crippen LogP contribution in [-0.4, -0.2) is 56.1 Å². The van der Waals surface area contributed by atoms with Crippen molar-refractivity contribution in [2.45, 2.75) is 13.1 Å². The zero-order valence-corrected chi connectivity index (χ0v) is 16.1. The maximum absolute atomic E-state index is 13.4. The van der Waals surface area contributed by atoms with Crippen LogP contribution in [0.5, 0.6) is 0 Å². The number of nitrogens with one attached hydrogen (secondary N) is 2. The van der Waals surface area contributed by atoms with Gasteiger partial charge in [-0.1, -0.05) is 30.3 Å². The van der Waals surface area contributed by atoms with E-state index in [4.69, 9.17) is 0 Å². The van der Waals surface area contributed by atoms with Crippen molar-refractivity contribution in [3.8, 4) is 11.5 Å². The van der Waals surface area contributed by atoms with Gasteiger partial charge in [-0.3, -0.25) is 14.9 Å². The first-order chi connectivity index (χ1) is 14.2. The smallest absolute Gasteiger partial charge is 0.197 e. The molecule has 0 aliphatic carbocycles. The summed E-state index contributed by atoms with van der Waals surface area (Å²) in [6.07, 6.45) is 0. The van der Waals surface area contributed by atoms with Crippen molar-refractivity contribution in [3.05, 3.63) is 71.8 Å². The van der Waals surface area contributed by atoms with E-state index in [1.165, 1.54) is 17.7 Å². The number of benzene rings is 2. The predicted molar refractivity (Wildman–Crippen MR) is 111 cm³/mol. The third-order valence-electron chi connectivity index (χ3n) is 5.44. The Morgan fingerprint density at radius 3 is 2.45 bits per heavy atom. The van der Waals surface area contributed by atoms with Crippen molar-refractivity contribution in [2.75, 3.05) is 26.2 Å². The third kappa shape index (κ3) is 4.06. The molecule has 0 bridgehead atoms. The van der Waals surface area contributed by atoms with Crippen LogP contribution in [0.1, 0.15) is 11.4 Å². The molecule has 1 aliphatic rings. The molecule has 148 valence electrons. The zero-order chi connectivity index (χ0) is 19.6. The van der Waals surface area contributed by atoms with Crippen molar-refractivity contribution < 1.29 is 4.39 Å². The monoisotopic (exact) mass is 390 g/mol. The first kappa shape index (κ1) is 18.0. The molecule has 0 unspecified atom stereocenters. The summed E-state index contributed by atoms with van der Waals surface area (Å²) in [6.45, 7) is 5.86. The summed E-state index contributed by atoms with van der Waals surface area (Å²) in [6, 6.07) is 17.2. The highest BCUT2D eigenvalue weighted by Gasteiger charge is 2.19. The van der Waals surface area contributed by atoms with E-state index in [1.54, 1.807) is 6.07 Å². The fourth-order valence-corrected chi connectivity index (χ4v) is 3.87. The van der Waals surface area contributed by atoms with E-state index < -0.39 is 0 Å². The fraction of sp³-hybridized carbons (Fsp3) is 0.273. The van der Waals surface area contributed by atoms with Gasteiger partial charge in [-0.15, -0.1) is 0 Å². The topological polar surface area (TPSA) is 63.8 Å². The molecule has 2 aromatic heterocycles. The highest BCUT2D eigenvalue weighted by Crippen LogP contribution is 2.22. The number of hydrogen-bond donors (Lipinski definition) is 2. The van der Waals surface area contributed by atoms with Crippen molar-refractivity contribution in [1.29, 1.82) is 0 Å². The van der Waals surface area contributed by atoms with Gasteiger partial charge in [-0.05, 0) is 29.8 Å². The number of nitrogens with zero attached hydrogens (tertiary/aromatic N) is 4. The van der Waals surface area contributed by atoms with Crippen LogP contribution in [0.25, 0.3) is 22.4 Å². The number of hydrogen-bond acceptors (Lipinski definition) is 4. The Morgan fingerprint density at radius 1 is 0.897 bits per heavy atom. The Kier molecular flexibility index (Phi) is 4.83. The fourth-order valence-electron chi connectivity index (χ4n) is 3.87. The summed E-state index contributed by atoms with van der Waals surface area (Å²) in [5.74, 6) is 1.21. The molecule has 6 nitrogen and oxygen atoms in total. The molecule has 3 heterocycles. The first-order valence-electron chi connectivity index (χ1n) is 9.91. The standard InChI is InChI=1S/C22H23FN6/c23-18-6-7-19-17(12-18)13-20(24-19)22-25-21(26-27-22)15-29-10-8-28(9-11-29)14-16-4-2-1-3-5-16/h1-7,12-13,24H,8-11,14-15H2,(H,25,26,27). The summed E-state index contributed by atoms with van der Waals surface area (Å²) < 4.78 is 13.4. The lowest BCUT2D eigenvalue weighted by Crippen LogP contribution is -2.45. The quantitative estimate of drug-likeness (QED) is 0.548. The molecule has 1 fully saturated rings. The van der Waals surface area contributed by atoms with Crippen LogP contribution in [-0.2, 0) is 13.1 Å². The molecule has 0 spiro atoms. The number of aromatic amines is 2. The van der Waals surface area contributed by atoms with E-state index in [1.807, 2.05) is 6.07 Å². The Balaban J connectivity index is 1.19. The summed E-state index contributed by atoms with van der Waals surface area (Å²) in [5.41, 5.74) is 3.03. The Morgan fingerprint density at radius 2 is 1.66 bits per heavy atom. The molecular formula is C22H23FN6. The maximum atomic E-state index is 13.4. The van der Waals surface area contributed by atoms with Crippen LogP contribution in [0.4, 0.5) is 4.39 Å². The highest BCUT2D eigenvalue weighted by molar-refractivity contribution is 5.84. The second-order valence-corrected chi connectivity index (χ2v) is 7.56. The van der Waals surface area contributed by atoms with E-state index >= 15 is 0 Å². The number of aromatic nitrogens is 4. The van der Waals surface area contributed by atoms with Gasteiger partial charge < -0.3 is 4.98 Å². The molecule has 2 N–H and O–H groups in total. The third-order valence-corrected chi connectivity index (χ3v) is 5.44. The van der Waals surface area contributed by atoms with Gasteiger partial charge in [-0.25, -0.2) is 9.37 Å². The van der Waals surface area contributed by atoms with Gasteiger partial charge in [0.25, 0.3) is 0 Å². The molecule has 29 heavy (non-hydrogen) atoms. The molecule has 0 amide bonds. The summed E-state index contributed by atoms with van der Waals surface area (Å²) in [5, 5.41) is 8.21.